The van der Waals surface area contributed by atoms with Crippen LogP contribution in [0.1, 0.15) is 32.1 Å². The summed E-state index contributed by atoms with van der Waals surface area (Å²) in [6.07, 6.45) is 7.05. The van der Waals surface area contributed by atoms with Crippen LogP contribution in [-0.4, -0.2) is 47.9 Å². The van der Waals surface area contributed by atoms with Crippen LogP contribution in [0.3, 0.4) is 0 Å². The van der Waals surface area contributed by atoms with E-state index in [2.05, 4.69) is 5.32 Å². The summed E-state index contributed by atoms with van der Waals surface area (Å²) in [6.45, 7) is 0.857. The number of carbonyl (C=O) groups is 1. The Labute approximate surface area is 137 Å². The van der Waals surface area contributed by atoms with E-state index in [9.17, 15) is 9.90 Å². The molecule has 0 spiro atoms. The smallest absolute Gasteiger partial charge is 0.238 e. The predicted molar refractivity (Wildman–Crippen MR) is 92.4 cm³/mol. The molecule has 2 rings (SSSR count). The lowest BCUT2D eigenvalue weighted by Gasteiger charge is -2.35. The number of hydrogen-bond acceptors (Lipinski definition) is 4. The van der Waals surface area contributed by atoms with Gasteiger partial charge in [-0.15, -0.1) is 11.8 Å². The number of amides is 1. The van der Waals surface area contributed by atoms with Gasteiger partial charge in [-0.1, -0.05) is 31.4 Å². The largest absolute Gasteiger partial charge is 0.389 e. The van der Waals surface area contributed by atoms with Crippen molar-refractivity contribution >= 4 is 23.4 Å². The van der Waals surface area contributed by atoms with Crippen molar-refractivity contribution in [1.82, 2.24) is 4.90 Å². The van der Waals surface area contributed by atoms with Crippen molar-refractivity contribution in [3.05, 3.63) is 24.3 Å². The summed E-state index contributed by atoms with van der Waals surface area (Å²) in [5, 5.41) is 13.5. The zero-order valence-electron chi connectivity index (χ0n) is 13.5. The average Bonchev–Trinajstić information content (AvgIpc) is 2.47. The van der Waals surface area contributed by atoms with Gasteiger partial charge in [0.1, 0.15) is 0 Å². The van der Waals surface area contributed by atoms with Gasteiger partial charge in [0, 0.05) is 11.4 Å². The van der Waals surface area contributed by atoms with Gasteiger partial charge in [-0.05, 0) is 38.3 Å². The molecular formula is C17H26N2O2S. The van der Waals surface area contributed by atoms with E-state index in [1.165, 1.54) is 6.42 Å². The van der Waals surface area contributed by atoms with Gasteiger partial charge in [0.15, 0.2) is 0 Å². The molecule has 122 valence electrons. The Kier molecular flexibility index (Phi) is 6.29. The van der Waals surface area contributed by atoms with Crippen molar-refractivity contribution in [3.8, 4) is 0 Å². The molecule has 0 heterocycles. The molecule has 1 aromatic rings. The van der Waals surface area contributed by atoms with Gasteiger partial charge in [0.2, 0.25) is 5.91 Å². The van der Waals surface area contributed by atoms with Crippen molar-refractivity contribution in [2.24, 2.45) is 0 Å². The topological polar surface area (TPSA) is 52.6 Å². The SMILES string of the molecule is CSc1ccccc1NC(=O)CN(C)CC1(O)CCCCC1. The summed E-state index contributed by atoms with van der Waals surface area (Å²) in [6, 6.07) is 7.79. The number of thioether (sulfide) groups is 1. The number of aliphatic hydroxyl groups is 1. The second kappa shape index (κ2) is 7.99. The van der Waals surface area contributed by atoms with Crippen LogP contribution < -0.4 is 5.32 Å². The van der Waals surface area contributed by atoms with E-state index >= 15 is 0 Å². The molecule has 1 aliphatic rings. The summed E-state index contributed by atoms with van der Waals surface area (Å²) < 4.78 is 0. The van der Waals surface area contributed by atoms with Gasteiger partial charge in [0.25, 0.3) is 0 Å². The fraction of sp³-hybridized carbons (Fsp3) is 0.588. The van der Waals surface area contributed by atoms with E-state index in [1.807, 2.05) is 42.5 Å². The highest BCUT2D eigenvalue weighted by atomic mass is 32.2. The monoisotopic (exact) mass is 322 g/mol. The first kappa shape index (κ1) is 17.3. The van der Waals surface area contributed by atoms with Crippen LogP contribution in [0.2, 0.25) is 0 Å². The number of carbonyl (C=O) groups excluding carboxylic acids is 1. The van der Waals surface area contributed by atoms with E-state index < -0.39 is 5.60 Å². The van der Waals surface area contributed by atoms with Gasteiger partial charge < -0.3 is 10.4 Å². The molecule has 1 saturated carbocycles. The molecule has 0 unspecified atom stereocenters. The molecule has 22 heavy (non-hydrogen) atoms. The molecule has 0 bridgehead atoms. The number of hydrogen-bond donors (Lipinski definition) is 2. The minimum absolute atomic E-state index is 0.0385. The molecule has 4 nitrogen and oxygen atoms in total. The molecule has 1 aliphatic carbocycles. The number of nitrogens with zero attached hydrogens (tertiary/aromatic N) is 1. The maximum atomic E-state index is 12.2. The van der Waals surface area contributed by atoms with E-state index in [4.69, 9.17) is 0 Å². The Balaban J connectivity index is 1.86. The molecule has 1 aromatic carbocycles. The number of rotatable bonds is 6. The van der Waals surface area contributed by atoms with Crippen molar-refractivity contribution in [3.63, 3.8) is 0 Å². The molecular weight excluding hydrogens is 296 g/mol. The van der Waals surface area contributed by atoms with Crippen molar-refractivity contribution in [1.29, 1.82) is 0 Å². The molecule has 1 fully saturated rings. The molecule has 0 radical (unpaired) electrons. The van der Waals surface area contributed by atoms with Crippen molar-refractivity contribution in [2.45, 2.75) is 42.6 Å². The van der Waals surface area contributed by atoms with E-state index in [0.29, 0.717) is 13.1 Å². The van der Waals surface area contributed by atoms with Crippen molar-refractivity contribution < 1.29 is 9.90 Å². The highest BCUT2D eigenvalue weighted by molar-refractivity contribution is 7.98. The number of para-hydroxylation sites is 1. The maximum Gasteiger partial charge on any atom is 0.238 e. The lowest BCUT2D eigenvalue weighted by Crippen LogP contribution is -2.45. The van der Waals surface area contributed by atoms with E-state index in [1.54, 1.807) is 11.8 Å². The quantitative estimate of drug-likeness (QED) is 0.791. The maximum absolute atomic E-state index is 12.2. The summed E-state index contributed by atoms with van der Waals surface area (Å²) in [5.74, 6) is -0.0385. The molecule has 0 atom stereocenters. The Hall–Kier alpha value is -1.04. The first-order valence-corrected chi connectivity index (χ1v) is 9.09. The fourth-order valence-corrected chi connectivity index (χ4v) is 3.66. The zero-order valence-corrected chi connectivity index (χ0v) is 14.3. The third-order valence-electron chi connectivity index (χ3n) is 4.14. The predicted octanol–water partition coefficient (Wildman–Crippen LogP) is 2.97. The first-order chi connectivity index (χ1) is 10.5. The number of benzene rings is 1. The third-order valence-corrected chi connectivity index (χ3v) is 4.94. The molecule has 5 heteroatoms. The molecule has 0 saturated heterocycles. The van der Waals surface area contributed by atoms with E-state index in [-0.39, 0.29) is 5.91 Å². The standard InChI is InChI=1S/C17H26N2O2S/c1-19(13-17(21)10-6-3-7-11-17)12-16(20)18-14-8-4-5-9-15(14)22-2/h4-5,8-9,21H,3,6-7,10-13H2,1-2H3,(H,18,20). The molecule has 2 N–H and O–H groups in total. The van der Waals surface area contributed by atoms with Crippen LogP contribution in [-0.2, 0) is 4.79 Å². The van der Waals surface area contributed by atoms with Gasteiger partial charge in [-0.2, -0.15) is 0 Å². The highest BCUT2D eigenvalue weighted by Crippen LogP contribution is 2.28. The Morgan fingerprint density at radius 1 is 1.32 bits per heavy atom. The minimum Gasteiger partial charge on any atom is -0.389 e. The zero-order chi connectivity index (χ0) is 16.0. The summed E-state index contributed by atoms with van der Waals surface area (Å²) in [4.78, 5) is 15.2. The number of likely N-dealkylation sites (N-methyl/N-ethyl adjacent to an activating group) is 1. The fourth-order valence-electron chi connectivity index (χ4n) is 3.11. The van der Waals surface area contributed by atoms with E-state index in [0.717, 1.165) is 36.3 Å². The molecule has 0 aliphatic heterocycles. The Morgan fingerprint density at radius 3 is 2.68 bits per heavy atom. The summed E-state index contributed by atoms with van der Waals surface area (Å²) in [5.41, 5.74) is 0.231. The van der Waals surface area contributed by atoms with Gasteiger partial charge in [0.05, 0.1) is 17.8 Å². The van der Waals surface area contributed by atoms with Crippen LogP contribution in [0.25, 0.3) is 0 Å². The number of nitrogens with one attached hydrogen (secondary N) is 1. The lowest BCUT2D eigenvalue weighted by molar-refractivity contribution is -0.118. The average molecular weight is 322 g/mol. The highest BCUT2D eigenvalue weighted by Gasteiger charge is 2.30. The van der Waals surface area contributed by atoms with Crippen LogP contribution in [0, 0.1) is 0 Å². The normalized spacial score (nSPS) is 17.5. The summed E-state index contributed by atoms with van der Waals surface area (Å²) in [7, 11) is 1.90. The van der Waals surface area contributed by atoms with Crippen LogP contribution in [0.4, 0.5) is 5.69 Å². The second-order valence-electron chi connectivity index (χ2n) is 6.21. The first-order valence-electron chi connectivity index (χ1n) is 7.86. The van der Waals surface area contributed by atoms with Gasteiger partial charge >= 0.3 is 0 Å². The Morgan fingerprint density at radius 2 is 2.00 bits per heavy atom. The number of anilines is 1. The molecule has 0 aromatic heterocycles. The Bertz CT molecular complexity index is 501. The second-order valence-corrected chi connectivity index (χ2v) is 7.05. The van der Waals surface area contributed by atoms with Gasteiger partial charge in [-0.3, -0.25) is 9.69 Å². The third kappa shape index (κ3) is 5.00. The van der Waals surface area contributed by atoms with Crippen LogP contribution in [0.5, 0.6) is 0 Å². The lowest BCUT2D eigenvalue weighted by atomic mass is 9.84. The van der Waals surface area contributed by atoms with Gasteiger partial charge in [-0.25, -0.2) is 0 Å². The molecule has 1 amide bonds. The summed E-state index contributed by atoms with van der Waals surface area (Å²) >= 11 is 1.62. The minimum atomic E-state index is -0.621. The van der Waals surface area contributed by atoms with Crippen LogP contribution >= 0.6 is 11.8 Å². The van der Waals surface area contributed by atoms with Crippen molar-refractivity contribution in [2.75, 3.05) is 31.7 Å². The van der Waals surface area contributed by atoms with Crippen LogP contribution in [0.15, 0.2) is 29.2 Å².